The van der Waals surface area contributed by atoms with Gasteiger partial charge in [0, 0.05) is 13.0 Å². The van der Waals surface area contributed by atoms with Gasteiger partial charge in [0.25, 0.3) is 0 Å². The van der Waals surface area contributed by atoms with E-state index in [0.29, 0.717) is 30.9 Å². The van der Waals surface area contributed by atoms with Gasteiger partial charge in [0.1, 0.15) is 12.4 Å². The van der Waals surface area contributed by atoms with Gasteiger partial charge in [0.05, 0.1) is 11.4 Å². The highest BCUT2D eigenvalue weighted by Gasteiger charge is 2.11. The summed E-state index contributed by atoms with van der Waals surface area (Å²) in [6.07, 6.45) is 0.331. The van der Waals surface area contributed by atoms with Crippen LogP contribution in [0.15, 0.2) is 47.8 Å². The van der Waals surface area contributed by atoms with Gasteiger partial charge in [-0.05, 0) is 35.8 Å². The van der Waals surface area contributed by atoms with Crippen molar-refractivity contribution in [2.45, 2.75) is 13.0 Å². The molecule has 3 aromatic rings. The van der Waals surface area contributed by atoms with E-state index in [1.165, 1.54) is 0 Å². The molecule has 0 aliphatic rings. The van der Waals surface area contributed by atoms with Gasteiger partial charge in [-0.1, -0.05) is 24.3 Å². The average molecular weight is 374 g/mol. The number of aromatic nitrogens is 3. The molecule has 0 saturated heterocycles. The van der Waals surface area contributed by atoms with Crippen LogP contribution in [0.25, 0.3) is 10.7 Å². The summed E-state index contributed by atoms with van der Waals surface area (Å²) < 4.78 is 7.91. The lowest BCUT2D eigenvalue weighted by atomic mass is 10.3. The molecule has 0 fully saturated rings. The molecule has 0 atom stereocenters. The number of hydrogen-bond acceptors (Lipinski definition) is 5. The fraction of sp³-hybridized carbons (Fsp3) is 0.235. The summed E-state index contributed by atoms with van der Waals surface area (Å²) in [7, 11) is 0. The molecule has 1 aromatic carbocycles. The molecule has 130 valence electrons. The van der Waals surface area contributed by atoms with Crippen LogP contribution in [0.4, 0.5) is 0 Å². The third kappa shape index (κ3) is 4.77. The molecule has 1 amide bonds. The first-order valence-corrected chi connectivity index (χ1v) is 9.16. The van der Waals surface area contributed by atoms with Crippen LogP contribution in [0.2, 0.25) is 0 Å². The largest absolute Gasteiger partial charge is 0.492 e. The van der Waals surface area contributed by atoms with Crippen LogP contribution in [0.1, 0.15) is 6.42 Å². The van der Waals surface area contributed by atoms with Crippen molar-refractivity contribution < 1.29 is 9.53 Å². The Bertz CT molecular complexity index is 856. The number of H-pyrrole nitrogens is 1. The molecule has 3 rings (SSSR count). The molecule has 0 unspecified atom stereocenters. The monoisotopic (exact) mass is 374 g/mol. The Hall–Kier alpha value is -2.45. The minimum Gasteiger partial charge on any atom is -0.492 e. The van der Waals surface area contributed by atoms with Crippen molar-refractivity contribution >= 4 is 29.5 Å². The lowest BCUT2D eigenvalue weighted by Gasteiger charge is -2.08. The van der Waals surface area contributed by atoms with Crippen LogP contribution >= 0.6 is 23.6 Å². The lowest BCUT2D eigenvalue weighted by molar-refractivity contribution is -0.121. The van der Waals surface area contributed by atoms with Crippen molar-refractivity contribution in [2.24, 2.45) is 0 Å². The van der Waals surface area contributed by atoms with Gasteiger partial charge in [-0.2, -0.15) is 5.10 Å². The Balaban J connectivity index is 1.45. The standard InChI is InChI=1S/C17H18N4O2S2/c22-15(18-9-11-23-13-5-2-1-3-6-13)8-10-21-16(19-20-17(21)24)14-7-4-12-25-14/h1-7,12H,8-11H2,(H,18,22)(H,20,24). The molecule has 8 heteroatoms. The molecule has 0 bridgehead atoms. The molecule has 0 saturated carbocycles. The van der Waals surface area contributed by atoms with Crippen LogP contribution in [-0.4, -0.2) is 33.8 Å². The number of rotatable bonds is 8. The second-order valence-corrected chi connectivity index (χ2v) is 6.58. The number of benzene rings is 1. The number of amides is 1. The van der Waals surface area contributed by atoms with E-state index in [9.17, 15) is 4.79 Å². The Morgan fingerprint density at radius 2 is 2.12 bits per heavy atom. The van der Waals surface area contributed by atoms with Gasteiger partial charge in [-0.25, -0.2) is 0 Å². The lowest BCUT2D eigenvalue weighted by Crippen LogP contribution is -2.28. The summed E-state index contributed by atoms with van der Waals surface area (Å²) in [6, 6.07) is 13.5. The zero-order valence-corrected chi connectivity index (χ0v) is 15.1. The maximum Gasteiger partial charge on any atom is 0.221 e. The minimum absolute atomic E-state index is 0.0445. The van der Waals surface area contributed by atoms with Gasteiger partial charge in [0.2, 0.25) is 5.91 Å². The van der Waals surface area contributed by atoms with Crippen molar-refractivity contribution in [2.75, 3.05) is 13.2 Å². The van der Waals surface area contributed by atoms with Crippen LogP contribution in [0.5, 0.6) is 5.75 Å². The summed E-state index contributed by atoms with van der Waals surface area (Å²) >= 11 is 6.84. The van der Waals surface area contributed by atoms with E-state index in [-0.39, 0.29) is 5.91 Å². The molecule has 2 aromatic heterocycles. The van der Waals surface area contributed by atoms with Gasteiger partial charge in [-0.15, -0.1) is 11.3 Å². The Morgan fingerprint density at radius 1 is 1.28 bits per heavy atom. The zero-order valence-electron chi connectivity index (χ0n) is 13.5. The topological polar surface area (TPSA) is 71.9 Å². The van der Waals surface area contributed by atoms with Crippen molar-refractivity contribution in [3.63, 3.8) is 0 Å². The molecular formula is C17H18N4O2S2. The molecule has 0 aliphatic heterocycles. The highest BCUT2D eigenvalue weighted by atomic mass is 32.1. The minimum atomic E-state index is -0.0445. The molecule has 0 spiro atoms. The predicted molar refractivity (Wildman–Crippen MR) is 100 cm³/mol. The molecule has 2 heterocycles. The third-order valence-electron chi connectivity index (χ3n) is 3.50. The number of hydrogen-bond donors (Lipinski definition) is 2. The molecule has 25 heavy (non-hydrogen) atoms. The SMILES string of the molecule is O=C(CCn1c(-c2cccs2)n[nH]c1=S)NCCOc1ccccc1. The van der Waals surface area contributed by atoms with Crippen LogP contribution < -0.4 is 10.1 Å². The predicted octanol–water partition coefficient (Wildman–Crippen LogP) is 3.25. The first-order chi connectivity index (χ1) is 12.2. The maximum absolute atomic E-state index is 12.0. The molecule has 0 aliphatic carbocycles. The molecular weight excluding hydrogens is 356 g/mol. The van der Waals surface area contributed by atoms with Gasteiger partial charge in [-0.3, -0.25) is 14.5 Å². The fourth-order valence-electron chi connectivity index (χ4n) is 2.30. The van der Waals surface area contributed by atoms with Crippen molar-refractivity contribution in [1.29, 1.82) is 0 Å². The first-order valence-electron chi connectivity index (χ1n) is 7.87. The number of nitrogens with one attached hydrogen (secondary N) is 2. The second-order valence-electron chi connectivity index (χ2n) is 5.24. The van der Waals surface area contributed by atoms with Gasteiger partial charge < -0.3 is 10.1 Å². The number of carbonyl (C=O) groups is 1. The fourth-order valence-corrected chi connectivity index (χ4v) is 3.24. The smallest absolute Gasteiger partial charge is 0.221 e. The summed E-state index contributed by atoms with van der Waals surface area (Å²) in [5, 5.41) is 11.9. The second kappa shape index (κ2) is 8.59. The number of aromatic amines is 1. The first kappa shape index (κ1) is 17.4. The van der Waals surface area contributed by atoms with E-state index in [0.717, 1.165) is 16.5 Å². The van der Waals surface area contributed by atoms with Crippen molar-refractivity contribution in [1.82, 2.24) is 20.1 Å². The summed E-state index contributed by atoms with van der Waals surface area (Å²) in [4.78, 5) is 13.0. The van der Waals surface area contributed by atoms with Crippen LogP contribution in [0, 0.1) is 4.77 Å². The highest BCUT2D eigenvalue weighted by Crippen LogP contribution is 2.22. The normalized spacial score (nSPS) is 10.6. The summed E-state index contributed by atoms with van der Waals surface area (Å²) in [6.45, 7) is 1.37. The van der Waals surface area contributed by atoms with E-state index >= 15 is 0 Å². The number of para-hydroxylation sites is 1. The van der Waals surface area contributed by atoms with E-state index in [1.54, 1.807) is 11.3 Å². The van der Waals surface area contributed by atoms with E-state index in [1.807, 2.05) is 52.4 Å². The highest BCUT2D eigenvalue weighted by molar-refractivity contribution is 7.71. The van der Waals surface area contributed by atoms with Crippen molar-refractivity contribution in [3.8, 4) is 16.5 Å². The molecule has 0 radical (unpaired) electrons. The maximum atomic E-state index is 12.0. The van der Waals surface area contributed by atoms with Gasteiger partial charge >= 0.3 is 0 Å². The zero-order chi connectivity index (χ0) is 17.5. The quantitative estimate of drug-likeness (QED) is 0.469. The number of ether oxygens (including phenoxy) is 1. The molecule has 2 N–H and O–H groups in total. The number of carbonyl (C=O) groups excluding carboxylic acids is 1. The Kier molecular flexibility index (Phi) is 5.97. The average Bonchev–Trinajstić information content (AvgIpc) is 3.27. The van der Waals surface area contributed by atoms with Crippen molar-refractivity contribution in [3.05, 3.63) is 52.6 Å². The van der Waals surface area contributed by atoms with E-state index in [4.69, 9.17) is 17.0 Å². The Morgan fingerprint density at radius 3 is 2.88 bits per heavy atom. The van der Waals surface area contributed by atoms with E-state index in [2.05, 4.69) is 15.5 Å². The van der Waals surface area contributed by atoms with Crippen LogP contribution in [-0.2, 0) is 11.3 Å². The van der Waals surface area contributed by atoms with Crippen LogP contribution in [0.3, 0.4) is 0 Å². The number of thiophene rings is 1. The molecule has 6 nitrogen and oxygen atoms in total. The summed E-state index contributed by atoms with van der Waals surface area (Å²) in [5.74, 6) is 1.51. The van der Waals surface area contributed by atoms with E-state index < -0.39 is 0 Å². The van der Waals surface area contributed by atoms with Gasteiger partial charge in [0.15, 0.2) is 10.6 Å². The number of nitrogens with zero attached hydrogens (tertiary/aromatic N) is 2. The Labute approximate surface area is 154 Å². The third-order valence-corrected chi connectivity index (χ3v) is 4.68. The summed E-state index contributed by atoms with van der Waals surface area (Å²) in [5.41, 5.74) is 0.